The first-order valence-corrected chi connectivity index (χ1v) is 4.75. The predicted molar refractivity (Wildman–Crippen MR) is 58.6 cm³/mol. The lowest BCUT2D eigenvalue weighted by Gasteiger charge is -2.02. The van der Waals surface area contributed by atoms with Gasteiger partial charge in [-0.15, -0.1) is 0 Å². The molecule has 0 aliphatic heterocycles. The van der Waals surface area contributed by atoms with Crippen molar-refractivity contribution in [1.82, 2.24) is 4.98 Å². The van der Waals surface area contributed by atoms with Crippen molar-refractivity contribution in [2.75, 3.05) is 5.73 Å². The molecule has 0 bridgehead atoms. The summed E-state index contributed by atoms with van der Waals surface area (Å²) in [6.07, 6.45) is 1.58. The van der Waals surface area contributed by atoms with Crippen LogP contribution < -0.4 is 5.73 Å². The second-order valence-corrected chi connectivity index (χ2v) is 3.72. The highest BCUT2D eigenvalue weighted by molar-refractivity contribution is 9.10. The van der Waals surface area contributed by atoms with E-state index in [9.17, 15) is 0 Å². The van der Waals surface area contributed by atoms with Crippen LogP contribution in [0.15, 0.2) is 28.9 Å². The van der Waals surface area contributed by atoms with Crippen LogP contribution in [0, 0.1) is 11.3 Å². The van der Waals surface area contributed by atoms with Crippen molar-refractivity contribution in [3.63, 3.8) is 0 Å². The molecule has 0 aliphatic rings. The summed E-state index contributed by atoms with van der Waals surface area (Å²) in [4.78, 5) is 4.13. The number of hydrogen-bond donors (Lipinski definition) is 1. The maximum atomic E-state index is 8.96. The Bertz CT molecular complexity index is 538. The molecule has 0 unspecified atom stereocenters. The van der Waals surface area contributed by atoms with Gasteiger partial charge in [-0.25, -0.2) is 0 Å². The van der Waals surface area contributed by atoms with E-state index in [1.165, 1.54) is 0 Å². The monoisotopic (exact) mass is 247 g/mol. The average Bonchev–Trinajstić information content (AvgIpc) is 2.17. The van der Waals surface area contributed by atoms with E-state index in [-0.39, 0.29) is 0 Å². The molecule has 0 radical (unpaired) electrons. The van der Waals surface area contributed by atoms with E-state index < -0.39 is 0 Å². The van der Waals surface area contributed by atoms with E-state index >= 15 is 0 Å². The lowest BCUT2D eigenvalue weighted by Crippen LogP contribution is -1.89. The summed E-state index contributed by atoms with van der Waals surface area (Å²) in [5, 5.41) is 9.74. The van der Waals surface area contributed by atoms with Gasteiger partial charge < -0.3 is 5.73 Å². The Labute approximate surface area is 89.3 Å². The molecule has 2 N–H and O–H groups in total. The number of halogens is 1. The lowest BCUT2D eigenvalue weighted by molar-refractivity contribution is 1.40. The number of anilines is 1. The first-order valence-electron chi connectivity index (χ1n) is 3.96. The van der Waals surface area contributed by atoms with Crippen LogP contribution >= 0.6 is 15.9 Å². The zero-order chi connectivity index (χ0) is 10.1. The van der Waals surface area contributed by atoms with Gasteiger partial charge in [0.15, 0.2) is 0 Å². The van der Waals surface area contributed by atoms with Gasteiger partial charge in [-0.05, 0) is 34.1 Å². The molecule has 0 amide bonds. The number of rotatable bonds is 0. The molecule has 0 fully saturated rings. The zero-order valence-corrected chi connectivity index (χ0v) is 8.75. The van der Waals surface area contributed by atoms with Gasteiger partial charge in [-0.2, -0.15) is 5.26 Å². The van der Waals surface area contributed by atoms with Gasteiger partial charge in [0.05, 0.1) is 23.0 Å². The third kappa shape index (κ3) is 1.32. The number of nitrogens with two attached hydrogens (primary N) is 1. The summed E-state index contributed by atoms with van der Waals surface area (Å²) in [7, 11) is 0. The molecule has 68 valence electrons. The minimum absolute atomic E-state index is 0.562. The second-order valence-electron chi connectivity index (χ2n) is 2.87. The normalized spacial score (nSPS) is 10.0. The number of nitriles is 1. The van der Waals surface area contributed by atoms with Crippen LogP contribution in [-0.2, 0) is 0 Å². The van der Waals surface area contributed by atoms with Crippen LogP contribution in [-0.4, -0.2) is 4.98 Å². The van der Waals surface area contributed by atoms with Gasteiger partial charge in [0, 0.05) is 9.86 Å². The largest absolute Gasteiger partial charge is 0.397 e. The van der Waals surface area contributed by atoms with Crippen LogP contribution in [0.1, 0.15) is 5.56 Å². The smallest absolute Gasteiger partial charge is 0.101 e. The van der Waals surface area contributed by atoms with E-state index in [0.29, 0.717) is 11.3 Å². The number of pyridine rings is 1. The Balaban J connectivity index is 2.93. The number of benzene rings is 1. The molecule has 2 rings (SSSR count). The minimum atomic E-state index is 0.562. The molecule has 1 aromatic carbocycles. The first kappa shape index (κ1) is 8.97. The van der Waals surface area contributed by atoms with Crippen molar-refractivity contribution in [3.8, 4) is 6.07 Å². The highest BCUT2D eigenvalue weighted by atomic mass is 79.9. The summed E-state index contributed by atoms with van der Waals surface area (Å²) in [6, 6.07) is 7.54. The van der Waals surface area contributed by atoms with Crippen molar-refractivity contribution < 1.29 is 0 Å². The highest BCUT2D eigenvalue weighted by Crippen LogP contribution is 2.25. The minimum Gasteiger partial charge on any atom is -0.397 e. The molecule has 4 heteroatoms. The third-order valence-electron chi connectivity index (χ3n) is 1.95. The number of nitrogens with zero attached hydrogens (tertiary/aromatic N) is 2. The van der Waals surface area contributed by atoms with Crippen LogP contribution in [0.5, 0.6) is 0 Å². The van der Waals surface area contributed by atoms with E-state index in [1.807, 2.05) is 12.1 Å². The topological polar surface area (TPSA) is 62.7 Å². The Morgan fingerprint density at radius 2 is 2.21 bits per heavy atom. The molecule has 0 aliphatic carbocycles. The summed E-state index contributed by atoms with van der Waals surface area (Å²) in [5.41, 5.74) is 7.52. The van der Waals surface area contributed by atoms with E-state index in [2.05, 4.69) is 27.0 Å². The first-order chi connectivity index (χ1) is 6.72. The Morgan fingerprint density at radius 1 is 1.43 bits per heavy atom. The Hall–Kier alpha value is -1.60. The summed E-state index contributed by atoms with van der Waals surface area (Å²) in [6.45, 7) is 0. The average molecular weight is 248 g/mol. The van der Waals surface area contributed by atoms with Crippen LogP contribution in [0.3, 0.4) is 0 Å². The summed E-state index contributed by atoms with van der Waals surface area (Å²) in [5.74, 6) is 0. The number of fused-ring (bicyclic) bond motifs is 1. The van der Waals surface area contributed by atoms with Gasteiger partial charge in [0.25, 0.3) is 0 Å². The van der Waals surface area contributed by atoms with Gasteiger partial charge in [0.2, 0.25) is 0 Å². The maximum absolute atomic E-state index is 8.96. The highest BCUT2D eigenvalue weighted by Gasteiger charge is 2.05. The SMILES string of the molecule is N#Cc1c(Br)ccc2ncc(N)cc12. The van der Waals surface area contributed by atoms with Gasteiger partial charge in [0.1, 0.15) is 6.07 Å². The van der Waals surface area contributed by atoms with Crippen molar-refractivity contribution in [3.05, 3.63) is 34.4 Å². The fourth-order valence-electron chi connectivity index (χ4n) is 1.30. The number of hydrogen-bond acceptors (Lipinski definition) is 3. The van der Waals surface area contributed by atoms with Crippen molar-refractivity contribution in [2.45, 2.75) is 0 Å². The fraction of sp³-hybridized carbons (Fsp3) is 0. The molecule has 14 heavy (non-hydrogen) atoms. The van der Waals surface area contributed by atoms with Crippen LogP contribution in [0.2, 0.25) is 0 Å². The van der Waals surface area contributed by atoms with Crippen molar-refractivity contribution in [2.24, 2.45) is 0 Å². The third-order valence-corrected chi connectivity index (χ3v) is 2.61. The van der Waals surface area contributed by atoms with Crippen molar-refractivity contribution >= 4 is 32.5 Å². The molecule has 2 aromatic rings. The second kappa shape index (κ2) is 3.28. The van der Waals surface area contributed by atoms with Crippen molar-refractivity contribution in [1.29, 1.82) is 5.26 Å². The molecule has 0 spiro atoms. The molecule has 1 aromatic heterocycles. The molecule has 0 saturated carbocycles. The van der Waals surface area contributed by atoms with Gasteiger partial charge in [-0.3, -0.25) is 4.98 Å². The van der Waals surface area contributed by atoms with Crippen LogP contribution in [0.25, 0.3) is 10.9 Å². The molecular weight excluding hydrogens is 242 g/mol. The Morgan fingerprint density at radius 3 is 2.93 bits per heavy atom. The van der Waals surface area contributed by atoms with Gasteiger partial charge in [-0.1, -0.05) is 0 Å². The van der Waals surface area contributed by atoms with E-state index in [4.69, 9.17) is 11.0 Å². The number of nitrogen functional groups attached to an aromatic ring is 1. The van der Waals surface area contributed by atoms with E-state index in [0.717, 1.165) is 15.4 Å². The quantitative estimate of drug-likeness (QED) is 0.778. The predicted octanol–water partition coefficient (Wildman–Crippen LogP) is 2.45. The fourth-order valence-corrected chi connectivity index (χ4v) is 1.74. The van der Waals surface area contributed by atoms with Crippen LogP contribution in [0.4, 0.5) is 5.69 Å². The Kier molecular flexibility index (Phi) is 2.10. The molecule has 0 atom stereocenters. The maximum Gasteiger partial charge on any atom is 0.101 e. The molecule has 1 heterocycles. The summed E-state index contributed by atoms with van der Waals surface area (Å²) < 4.78 is 0.764. The van der Waals surface area contributed by atoms with E-state index in [1.54, 1.807) is 12.3 Å². The molecule has 0 saturated heterocycles. The summed E-state index contributed by atoms with van der Waals surface area (Å²) >= 11 is 3.31. The molecular formula is C10H6BrN3. The molecule has 3 nitrogen and oxygen atoms in total. The standard InChI is InChI=1S/C10H6BrN3/c11-9-1-2-10-7(8(9)4-12)3-6(13)5-14-10/h1-3,5H,13H2. The lowest BCUT2D eigenvalue weighted by atomic mass is 10.1. The van der Waals surface area contributed by atoms with Gasteiger partial charge >= 0.3 is 0 Å². The zero-order valence-electron chi connectivity index (χ0n) is 7.16. The number of aromatic nitrogens is 1.